The summed E-state index contributed by atoms with van der Waals surface area (Å²) in [6.45, 7) is 0.350. The Bertz CT molecular complexity index is 1720. The molecule has 3 nitrogen and oxygen atoms in total. The molecule has 3 atom stereocenters. The molecule has 0 saturated carbocycles. The maximum atomic E-state index is 13.3. The van der Waals surface area contributed by atoms with Crippen molar-refractivity contribution >= 4 is 28.4 Å². The zero-order chi connectivity index (χ0) is 26.9. The molecule has 4 heteroatoms. The Kier molecular flexibility index (Phi) is 6.37. The van der Waals surface area contributed by atoms with Gasteiger partial charge in [0.05, 0.1) is 11.7 Å². The van der Waals surface area contributed by atoms with Crippen LogP contribution in [-0.4, -0.2) is 6.21 Å². The number of nitrogens with zero attached hydrogens (tertiary/aromatic N) is 1. The van der Waals surface area contributed by atoms with Gasteiger partial charge in [-0.1, -0.05) is 84.9 Å². The summed E-state index contributed by atoms with van der Waals surface area (Å²) in [5, 5.41) is 6.00. The molecule has 0 bridgehead atoms. The number of hydrogen-bond donors (Lipinski definition) is 1. The van der Waals surface area contributed by atoms with Crippen LogP contribution in [0.3, 0.4) is 0 Å². The Labute approximate surface area is 233 Å². The molecule has 196 valence electrons. The van der Waals surface area contributed by atoms with Crippen LogP contribution < -0.4 is 10.1 Å². The van der Waals surface area contributed by atoms with E-state index in [0.717, 1.165) is 39.8 Å². The predicted octanol–water partition coefficient (Wildman–Crippen LogP) is 9.13. The summed E-state index contributed by atoms with van der Waals surface area (Å²) in [6, 6.07) is 36.2. The molecule has 1 aliphatic heterocycles. The third-order valence-electron chi connectivity index (χ3n) is 8.11. The minimum atomic E-state index is -0.253. The molecule has 0 radical (unpaired) electrons. The molecular weight excluding hydrogens is 495 g/mol. The topological polar surface area (TPSA) is 33.6 Å². The second-order valence-electron chi connectivity index (χ2n) is 10.5. The number of para-hydroxylation sites is 1. The Morgan fingerprint density at radius 1 is 0.850 bits per heavy atom. The number of hydrogen-bond acceptors (Lipinski definition) is 3. The third kappa shape index (κ3) is 4.66. The highest BCUT2D eigenvalue weighted by Gasteiger charge is 2.37. The van der Waals surface area contributed by atoms with Crippen molar-refractivity contribution < 1.29 is 9.13 Å². The van der Waals surface area contributed by atoms with Gasteiger partial charge in [0.25, 0.3) is 0 Å². The Morgan fingerprint density at radius 2 is 1.65 bits per heavy atom. The van der Waals surface area contributed by atoms with Gasteiger partial charge in [-0.05, 0) is 76.2 Å². The predicted molar refractivity (Wildman–Crippen MR) is 161 cm³/mol. The van der Waals surface area contributed by atoms with E-state index < -0.39 is 0 Å². The third-order valence-corrected chi connectivity index (χ3v) is 8.11. The zero-order valence-corrected chi connectivity index (χ0v) is 22.0. The number of aliphatic imine (C=N–C) groups is 1. The zero-order valence-electron chi connectivity index (χ0n) is 22.0. The molecule has 0 amide bonds. The van der Waals surface area contributed by atoms with Gasteiger partial charge in [-0.25, -0.2) is 4.39 Å². The fourth-order valence-electron chi connectivity index (χ4n) is 6.06. The lowest BCUT2D eigenvalue weighted by Crippen LogP contribution is -2.28. The smallest absolute Gasteiger partial charge is 0.129 e. The van der Waals surface area contributed by atoms with Crippen molar-refractivity contribution in [1.29, 1.82) is 0 Å². The van der Waals surface area contributed by atoms with Crippen molar-refractivity contribution in [3.63, 3.8) is 0 Å². The SMILES string of the molecule is Fc1ccc(COc2ccc3ccccc3c2C=Nc2ccc([C@@H]3Nc4ccccc4[C@H]4C=CC[C@H]43)cc2)cc1. The van der Waals surface area contributed by atoms with Gasteiger partial charge in [0.15, 0.2) is 0 Å². The van der Waals surface area contributed by atoms with E-state index >= 15 is 0 Å². The van der Waals surface area contributed by atoms with Crippen molar-refractivity contribution in [1.82, 2.24) is 0 Å². The maximum absolute atomic E-state index is 13.3. The molecule has 5 aromatic rings. The number of ether oxygens (including phenoxy) is 1. The maximum Gasteiger partial charge on any atom is 0.129 e. The van der Waals surface area contributed by atoms with E-state index in [1.54, 1.807) is 12.1 Å². The quantitative estimate of drug-likeness (QED) is 0.177. The summed E-state index contributed by atoms with van der Waals surface area (Å²) in [4.78, 5) is 4.86. The van der Waals surface area contributed by atoms with Crippen LogP contribution in [0.2, 0.25) is 0 Å². The molecule has 0 unspecified atom stereocenters. The van der Waals surface area contributed by atoms with Crippen molar-refractivity contribution in [3.05, 3.63) is 149 Å². The van der Waals surface area contributed by atoms with Gasteiger partial charge in [-0.3, -0.25) is 4.99 Å². The molecule has 0 spiro atoms. The fourth-order valence-corrected chi connectivity index (χ4v) is 6.06. The highest BCUT2D eigenvalue weighted by atomic mass is 19.1. The van der Waals surface area contributed by atoms with Crippen LogP contribution in [0.5, 0.6) is 5.75 Å². The first-order valence-corrected chi connectivity index (χ1v) is 13.8. The Morgan fingerprint density at radius 3 is 2.52 bits per heavy atom. The first-order chi connectivity index (χ1) is 19.7. The molecule has 0 fully saturated rings. The molecule has 0 aromatic heterocycles. The lowest BCUT2D eigenvalue weighted by Gasteiger charge is -2.37. The summed E-state index contributed by atoms with van der Waals surface area (Å²) >= 11 is 0. The van der Waals surface area contributed by atoms with Crippen molar-refractivity contribution in [2.45, 2.75) is 25.0 Å². The van der Waals surface area contributed by atoms with Gasteiger partial charge in [0.1, 0.15) is 18.2 Å². The van der Waals surface area contributed by atoms with E-state index in [-0.39, 0.29) is 11.9 Å². The summed E-state index contributed by atoms with van der Waals surface area (Å²) < 4.78 is 19.5. The summed E-state index contributed by atoms with van der Waals surface area (Å²) in [5.74, 6) is 1.46. The highest BCUT2D eigenvalue weighted by Crippen LogP contribution is 2.49. The van der Waals surface area contributed by atoms with Crippen LogP contribution in [0.1, 0.15) is 40.6 Å². The second kappa shape index (κ2) is 10.5. The molecule has 2 aliphatic rings. The monoisotopic (exact) mass is 524 g/mol. The highest BCUT2D eigenvalue weighted by molar-refractivity contribution is 6.03. The van der Waals surface area contributed by atoms with E-state index in [9.17, 15) is 4.39 Å². The normalized spacial score (nSPS) is 19.4. The number of halogens is 1. The van der Waals surface area contributed by atoms with Crippen LogP contribution in [0, 0.1) is 11.7 Å². The summed E-state index contributed by atoms with van der Waals surface area (Å²) in [6.07, 6.45) is 7.67. The first kappa shape index (κ1) is 24.3. The average Bonchev–Trinajstić information content (AvgIpc) is 3.50. The lowest BCUT2D eigenvalue weighted by atomic mass is 9.77. The van der Waals surface area contributed by atoms with Crippen LogP contribution in [0.4, 0.5) is 15.8 Å². The lowest BCUT2D eigenvalue weighted by molar-refractivity contribution is 0.306. The van der Waals surface area contributed by atoms with E-state index in [4.69, 9.17) is 9.73 Å². The van der Waals surface area contributed by atoms with E-state index in [1.807, 2.05) is 24.4 Å². The minimum absolute atomic E-state index is 0.253. The second-order valence-corrected chi connectivity index (χ2v) is 10.5. The van der Waals surface area contributed by atoms with Gasteiger partial charge in [0, 0.05) is 23.4 Å². The molecule has 5 aromatic carbocycles. The van der Waals surface area contributed by atoms with Gasteiger partial charge in [-0.2, -0.15) is 0 Å². The van der Waals surface area contributed by atoms with Crippen LogP contribution in [0.15, 0.2) is 126 Å². The van der Waals surface area contributed by atoms with Gasteiger partial charge in [0.2, 0.25) is 0 Å². The summed E-state index contributed by atoms with van der Waals surface area (Å²) in [7, 11) is 0. The largest absolute Gasteiger partial charge is 0.488 e. The number of fused-ring (bicyclic) bond motifs is 4. The number of allylic oxidation sites excluding steroid dienone is 2. The van der Waals surface area contributed by atoms with Crippen LogP contribution in [-0.2, 0) is 6.61 Å². The Hall–Kier alpha value is -4.70. The number of nitrogens with one attached hydrogen (secondary N) is 1. The molecule has 7 rings (SSSR count). The first-order valence-electron chi connectivity index (χ1n) is 13.8. The molecule has 0 saturated heterocycles. The molecule has 1 N–H and O–H groups in total. The van der Waals surface area contributed by atoms with E-state index in [2.05, 4.69) is 84.2 Å². The van der Waals surface area contributed by atoms with Crippen molar-refractivity contribution in [2.24, 2.45) is 10.9 Å². The minimum Gasteiger partial charge on any atom is -0.488 e. The number of benzene rings is 5. The van der Waals surface area contributed by atoms with Crippen LogP contribution in [0.25, 0.3) is 10.8 Å². The van der Waals surface area contributed by atoms with Crippen molar-refractivity contribution in [3.8, 4) is 5.75 Å². The number of anilines is 1. The molecule has 1 aliphatic carbocycles. The van der Waals surface area contributed by atoms with E-state index in [0.29, 0.717) is 18.4 Å². The van der Waals surface area contributed by atoms with Gasteiger partial charge >= 0.3 is 0 Å². The summed E-state index contributed by atoms with van der Waals surface area (Å²) in [5.41, 5.74) is 6.62. The molecule has 1 heterocycles. The molecule has 40 heavy (non-hydrogen) atoms. The van der Waals surface area contributed by atoms with E-state index in [1.165, 1.54) is 28.9 Å². The Balaban J connectivity index is 1.15. The van der Waals surface area contributed by atoms with Crippen molar-refractivity contribution in [2.75, 3.05) is 5.32 Å². The fraction of sp³-hybridized carbons (Fsp3) is 0.139. The average molecular weight is 525 g/mol. The standard InChI is InChI=1S/C36H29FN2O/c37-27-17-12-24(13-18-27)23-40-35-21-16-25-6-1-2-7-29(25)33(35)22-38-28-19-14-26(15-20-28)36-32-10-5-9-30(32)31-8-3-4-11-34(31)39-36/h1-9,11-22,30,32,36,39H,10,23H2/t30-,32-,36+/m1/s1. The van der Waals surface area contributed by atoms with Crippen LogP contribution >= 0.6 is 0 Å². The number of rotatable bonds is 6. The molecular formula is C36H29FN2O. The van der Waals surface area contributed by atoms with Gasteiger partial charge < -0.3 is 10.1 Å². The van der Waals surface area contributed by atoms with Gasteiger partial charge in [-0.15, -0.1) is 0 Å².